The van der Waals surface area contributed by atoms with Gasteiger partial charge in [0, 0.05) is 31.6 Å². The number of hydrogen-bond donors (Lipinski definition) is 3. The van der Waals surface area contributed by atoms with Crippen LogP contribution in [0.3, 0.4) is 0 Å². The van der Waals surface area contributed by atoms with Crippen molar-refractivity contribution in [2.24, 2.45) is 5.73 Å². The molecule has 0 spiro atoms. The zero-order valence-electron chi connectivity index (χ0n) is 11.1. The lowest BCUT2D eigenvalue weighted by molar-refractivity contribution is 0.0251. The normalized spacial score (nSPS) is 23.2. The Morgan fingerprint density at radius 1 is 1.42 bits per heavy atom. The van der Waals surface area contributed by atoms with Gasteiger partial charge in [-0.1, -0.05) is 0 Å². The average Bonchev–Trinajstić information content (AvgIpc) is 2.42. The van der Waals surface area contributed by atoms with Crippen molar-refractivity contribution in [1.29, 1.82) is 0 Å². The maximum absolute atomic E-state index is 11.3. The third kappa shape index (κ3) is 4.65. The molecule has 0 aromatic carbocycles. The maximum atomic E-state index is 11.3. The predicted molar refractivity (Wildman–Crippen MR) is 74.1 cm³/mol. The van der Waals surface area contributed by atoms with E-state index in [-0.39, 0.29) is 5.56 Å². The van der Waals surface area contributed by atoms with Crippen LogP contribution in [0, 0.1) is 0 Å². The Hall–Kier alpha value is -1.40. The van der Waals surface area contributed by atoms with E-state index in [9.17, 15) is 4.79 Å². The number of nitrogens with two attached hydrogens (primary N) is 1. The highest BCUT2D eigenvalue weighted by Crippen LogP contribution is 2.19. The minimum Gasteiger partial charge on any atom is -0.378 e. The van der Waals surface area contributed by atoms with Gasteiger partial charge in [-0.25, -0.2) is 4.98 Å². The molecule has 1 aromatic rings. The summed E-state index contributed by atoms with van der Waals surface area (Å²) in [5.41, 5.74) is 5.66. The minimum atomic E-state index is -0.190. The molecular formula is C13H22N4O2. The van der Waals surface area contributed by atoms with Crippen LogP contribution in [0.2, 0.25) is 0 Å². The van der Waals surface area contributed by atoms with Gasteiger partial charge >= 0.3 is 0 Å². The molecule has 0 radical (unpaired) electrons. The molecule has 0 unspecified atom stereocenters. The average molecular weight is 266 g/mol. The number of hydrogen-bond acceptors (Lipinski definition) is 5. The minimum absolute atomic E-state index is 0.190. The number of rotatable bonds is 6. The van der Waals surface area contributed by atoms with E-state index in [1.807, 2.05) is 0 Å². The van der Waals surface area contributed by atoms with Crippen LogP contribution in [0.25, 0.3) is 0 Å². The standard InChI is InChI=1S/C13H22N4O2/c14-10-2-4-11(5-3-10)19-9-1-6-15-12-13(18)17-8-7-16-12/h7-8,10-11H,1-6,9,14H2,(H,15,16)(H,17,18). The summed E-state index contributed by atoms with van der Waals surface area (Å²) in [4.78, 5) is 17.9. The Kier molecular flexibility index (Phi) is 5.35. The molecule has 6 nitrogen and oxygen atoms in total. The fraction of sp³-hybridized carbons (Fsp3) is 0.692. The van der Waals surface area contributed by atoms with Gasteiger partial charge in [-0.3, -0.25) is 4.79 Å². The lowest BCUT2D eigenvalue weighted by atomic mass is 9.94. The van der Waals surface area contributed by atoms with Gasteiger partial charge in [0.25, 0.3) is 5.56 Å². The zero-order chi connectivity index (χ0) is 13.5. The number of H-pyrrole nitrogens is 1. The van der Waals surface area contributed by atoms with Crippen LogP contribution < -0.4 is 16.6 Å². The molecule has 1 aliphatic rings. The highest BCUT2D eigenvalue weighted by molar-refractivity contribution is 5.29. The van der Waals surface area contributed by atoms with Crippen LogP contribution in [0.4, 0.5) is 5.82 Å². The first kappa shape index (κ1) is 14.0. The molecule has 1 fully saturated rings. The molecular weight excluding hydrogens is 244 g/mol. The van der Waals surface area contributed by atoms with Gasteiger partial charge in [0.1, 0.15) is 0 Å². The number of ether oxygens (including phenoxy) is 1. The Morgan fingerprint density at radius 2 is 2.21 bits per heavy atom. The van der Waals surface area contributed by atoms with Gasteiger partial charge in [-0.15, -0.1) is 0 Å². The van der Waals surface area contributed by atoms with E-state index in [1.165, 1.54) is 6.20 Å². The lowest BCUT2D eigenvalue weighted by Crippen LogP contribution is -2.30. The highest BCUT2D eigenvalue weighted by Gasteiger charge is 2.18. The molecule has 106 valence electrons. The summed E-state index contributed by atoms with van der Waals surface area (Å²) in [6, 6.07) is 0.359. The van der Waals surface area contributed by atoms with Gasteiger partial charge in [0.2, 0.25) is 0 Å². The topological polar surface area (TPSA) is 93.0 Å². The largest absolute Gasteiger partial charge is 0.378 e. The molecule has 0 saturated heterocycles. The van der Waals surface area contributed by atoms with Gasteiger partial charge in [0.05, 0.1) is 6.10 Å². The lowest BCUT2D eigenvalue weighted by Gasteiger charge is -2.26. The molecule has 0 atom stereocenters. The van der Waals surface area contributed by atoms with E-state index < -0.39 is 0 Å². The number of nitrogens with zero attached hydrogens (tertiary/aromatic N) is 1. The van der Waals surface area contributed by atoms with E-state index in [0.717, 1.165) is 32.1 Å². The summed E-state index contributed by atoms with van der Waals surface area (Å²) in [5.74, 6) is 0.367. The van der Waals surface area contributed by atoms with Crippen molar-refractivity contribution >= 4 is 5.82 Å². The molecule has 1 heterocycles. The van der Waals surface area contributed by atoms with Crippen LogP contribution in [0.5, 0.6) is 0 Å². The van der Waals surface area contributed by atoms with Gasteiger partial charge < -0.3 is 20.8 Å². The second-order valence-electron chi connectivity index (χ2n) is 4.95. The monoisotopic (exact) mass is 266 g/mol. The maximum Gasteiger partial charge on any atom is 0.290 e. The molecule has 0 bridgehead atoms. The van der Waals surface area contributed by atoms with E-state index in [1.54, 1.807) is 6.20 Å². The van der Waals surface area contributed by atoms with E-state index in [2.05, 4.69) is 15.3 Å². The van der Waals surface area contributed by atoms with E-state index in [0.29, 0.717) is 31.1 Å². The smallest absolute Gasteiger partial charge is 0.290 e. The van der Waals surface area contributed by atoms with Gasteiger partial charge in [0.15, 0.2) is 5.82 Å². The Balaban J connectivity index is 1.57. The zero-order valence-corrected chi connectivity index (χ0v) is 11.1. The van der Waals surface area contributed by atoms with Crippen LogP contribution >= 0.6 is 0 Å². The van der Waals surface area contributed by atoms with Gasteiger partial charge in [-0.05, 0) is 32.1 Å². The van der Waals surface area contributed by atoms with Crippen molar-refractivity contribution in [3.8, 4) is 0 Å². The molecule has 19 heavy (non-hydrogen) atoms. The Morgan fingerprint density at radius 3 is 2.95 bits per heavy atom. The van der Waals surface area contributed by atoms with Crippen LogP contribution in [0.15, 0.2) is 17.2 Å². The Labute approximate surface area is 112 Å². The van der Waals surface area contributed by atoms with Crippen LogP contribution in [0.1, 0.15) is 32.1 Å². The number of anilines is 1. The summed E-state index contributed by atoms with van der Waals surface area (Å²) < 4.78 is 5.80. The molecule has 0 aliphatic heterocycles. The summed E-state index contributed by atoms with van der Waals surface area (Å²) >= 11 is 0. The van der Waals surface area contributed by atoms with Crippen molar-refractivity contribution in [2.45, 2.75) is 44.2 Å². The predicted octanol–water partition coefficient (Wildman–Crippen LogP) is 0.858. The van der Waals surface area contributed by atoms with Crippen molar-refractivity contribution in [3.63, 3.8) is 0 Å². The fourth-order valence-corrected chi connectivity index (χ4v) is 2.26. The molecule has 4 N–H and O–H groups in total. The molecule has 1 aromatic heterocycles. The second-order valence-corrected chi connectivity index (χ2v) is 4.95. The first-order chi connectivity index (χ1) is 9.25. The van der Waals surface area contributed by atoms with E-state index in [4.69, 9.17) is 10.5 Å². The Bertz CT molecular complexity index is 427. The molecule has 2 rings (SSSR count). The first-order valence-electron chi connectivity index (χ1n) is 6.90. The summed E-state index contributed by atoms with van der Waals surface area (Å²) in [6.07, 6.45) is 8.55. The molecule has 6 heteroatoms. The highest BCUT2D eigenvalue weighted by atomic mass is 16.5. The van der Waals surface area contributed by atoms with Crippen LogP contribution in [-0.4, -0.2) is 35.3 Å². The summed E-state index contributed by atoms with van der Waals surface area (Å²) in [6.45, 7) is 1.39. The van der Waals surface area contributed by atoms with Crippen molar-refractivity contribution < 1.29 is 4.74 Å². The summed E-state index contributed by atoms with van der Waals surface area (Å²) in [5, 5.41) is 3.00. The SMILES string of the molecule is NC1CCC(OCCCNc2ncc[nH]c2=O)CC1. The third-order valence-corrected chi connectivity index (χ3v) is 3.39. The van der Waals surface area contributed by atoms with Crippen molar-refractivity contribution in [3.05, 3.63) is 22.7 Å². The van der Waals surface area contributed by atoms with Crippen LogP contribution in [-0.2, 0) is 4.74 Å². The number of aromatic nitrogens is 2. The molecule has 1 aliphatic carbocycles. The van der Waals surface area contributed by atoms with E-state index >= 15 is 0 Å². The quantitative estimate of drug-likeness (QED) is 0.664. The van der Waals surface area contributed by atoms with Crippen molar-refractivity contribution in [1.82, 2.24) is 9.97 Å². The number of aromatic amines is 1. The third-order valence-electron chi connectivity index (χ3n) is 3.39. The summed E-state index contributed by atoms with van der Waals surface area (Å²) in [7, 11) is 0. The number of nitrogens with one attached hydrogen (secondary N) is 2. The first-order valence-corrected chi connectivity index (χ1v) is 6.90. The van der Waals surface area contributed by atoms with Gasteiger partial charge in [-0.2, -0.15) is 0 Å². The molecule has 1 saturated carbocycles. The molecule has 0 amide bonds. The van der Waals surface area contributed by atoms with Crippen molar-refractivity contribution in [2.75, 3.05) is 18.5 Å². The fourth-order valence-electron chi connectivity index (χ4n) is 2.26. The second kappa shape index (κ2) is 7.25.